The quantitative estimate of drug-likeness (QED) is 0.839. The highest BCUT2D eigenvalue weighted by Crippen LogP contribution is 2.42. The standard InChI is InChI=1S/C16H20N4O3/c1-18-15(22)16-5-6-23-9-11(16)8-20(10-16)14(21)13-4-3-12(7-17)19(13)2/h3-4,11H,5-6,8-10H2,1-2H3,(H,18,22)/t11-,16+/m1/s1. The second-order valence-electron chi connectivity index (χ2n) is 6.22. The van der Waals surface area contributed by atoms with Crippen LogP contribution in [0.15, 0.2) is 12.1 Å². The van der Waals surface area contributed by atoms with Crippen molar-refractivity contribution in [2.75, 3.05) is 33.4 Å². The molecule has 1 N–H and O–H groups in total. The predicted molar refractivity (Wildman–Crippen MR) is 81.5 cm³/mol. The lowest BCUT2D eigenvalue weighted by molar-refractivity contribution is -0.138. The monoisotopic (exact) mass is 316 g/mol. The summed E-state index contributed by atoms with van der Waals surface area (Å²) in [7, 11) is 3.33. The zero-order chi connectivity index (χ0) is 16.6. The molecule has 7 nitrogen and oxygen atoms in total. The number of nitrogens with zero attached hydrogens (tertiary/aromatic N) is 3. The zero-order valence-corrected chi connectivity index (χ0v) is 13.3. The van der Waals surface area contributed by atoms with Crippen molar-refractivity contribution in [3.8, 4) is 6.07 Å². The van der Waals surface area contributed by atoms with Gasteiger partial charge in [-0.05, 0) is 18.6 Å². The molecule has 2 aliphatic rings. The number of fused-ring (bicyclic) bond motifs is 1. The Kier molecular flexibility index (Phi) is 3.86. The molecule has 0 unspecified atom stereocenters. The lowest BCUT2D eigenvalue weighted by Crippen LogP contribution is -2.49. The van der Waals surface area contributed by atoms with Crippen LogP contribution >= 0.6 is 0 Å². The van der Waals surface area contributed by atoms with Crippen molar-refractivity contribution in [2.24, 2.45) is 18.4 Å². The lowest BCUT2D eigenvalue weighted by Gasteiger charge is -2.36. The summed E-state index contributed by atoms with van der Waals surface area (Å²) in [5.41, 5.74) is 0.341. The summed E-state index contributed by atoms with van der Waals surface area (Å²) in [5, 5.41) is 11.8. The van der Waals surface area contributed by atoms with Crippen LogP contribution in [0.5, 0.6) is 0 Å². The molecular formula is C16H20N4O3. The minimum Gasteiger partial charge on any atom is -0.381 e. The second kappa shape index (κ2) is 5.70. The molecule has 2 atom stereocenters. The number of likely N-dealkylation sites (tertiary alicyclic amines) is 1. The van der Waals surface area contributed by atoms with Gasteiger partial charge in [0.25, 0.3) is 5.91 Å². The van der Waals surface area contributed by atoms with Crippen molar-refractivity contribution in [1.82, 2.24) is 14.8 Å². The Morgan fingerprint density at radius 2 is 2.26 bits per heavy atom. The fourth-order valence-electron chi connectivity index (χ4n) is 3.72. The Morgan fingerprint density at radius 3 is 2.91 bits per heavy atom. The summed E-state index contributed by atoms with van der Waals surface area (Å²) in [6, 6.07) is 5.35. The summed E-state index contributed by atoms with van der Waals surface area (Å²) < 4.78 is 7.11. The van der Waals surface area contributed by atoms with E-state index in [1.165, 1.54) is 0 Å². The third-order valence-corrected chi connectivity index (χ3v) is 5.13. The van der Waals surface area contributed by atoms with Gasteiger partial charge in [0.1, 0.15) is 17.5 Å². The van der Waals surface area contributed by atoms with E-state index in [0.29, 0.717) is 44.1 Å². The number of hydrogen-bond acceptors (Lipinski definition) is 4. The van der Waals surface area contributed by atoms with E-state index in [9.17, 15) is 9.59 Å². The van der Waals surface area contributed by atoms with Crippen LogP contribution in [0.3, 0.4) is 0 Å². The average Bonchev–Trinajstić information content (AvgIpc) is 3.14. The zero-order valence-electron chi connectivity index (χ0n) is 13.3. The van der Waals surface area contributed by atoms with E-state index in [1.54, 1.807) is 35.7 Å². The third kappa shape index (κ3) is 2.30. The topological polar surface area (TPSA) is 87.4 Å². The van der Waals surface area contributed by atoms with E-state index in [2.05, 4.69) is 11.4 Å². The smallest absolute Gasteiger partial charge is 0.270 e. The third-order valence-electron chi connectivity index (χ3n) is 5.13. The molecule has 0 radical (unpaired) electrons. The highest BCUT2D eigenvalue weighted by Gasteiger charge is 2.54. The van der Waals surface area contributed by atoms with Gasteiger partial charge in [0.2, 0.25) is 5.91 Å². The van der Waals surface area contributed by atoms with E-state index in [4.69, 9.17) is 10.00 Å². The van der Waals surface area contributed by atoms with Gasteiger partial charge in [0.15, 0.2) is 0 Å². The molecule has 2 aliphatic heterocycles. The first-order chi connectivity index (χ1) is 11.0. The number of ether oxygens (including phenoxy) is 1. The van der Waals surface area contributed by atoms with E-state index in [-0.39, 0.29) is 17.7 Å². The van der Waals surface area contributed by atoms with Gasteiger partial charge in [0, 0.05) is 39.7 Å². The molecular weight excluding hydrogens is 296 g/mol. The molecule has 3 rings (SSSR count). The Balaban J connectivity index is 1.88. The lowest BCUT2D eigenvalue weighted by atomic mass is 9.73. The van der Waals surface area contributed by atoms with Crippen LogP contribution in [0, 0.1) is 22.7 Å². The van der Waals surface area contributed by atoms with Crippen LogP contribution in [0.2, 0.25) is 0 Å². The normalized spacial score (nSPS) is 26.5. The van der Waals surface area contributed by atoms with Crippen LogP contribution < -0.4 is 5.32 Å². The summed E-state index contributed by atoms with van der Waals surface area (Å²) in [5.74, 6) is -0.159. The van der Waals surface area contributed by atoms with Crippen LogP contribution in [-0.2, 0) is 16.6 Å². The van der Waals surface area contributed by atoms with E-state index < -0.39 is 5.41 Å². The molecule has 7 heteroatoms. The summed E-state index contributed by atoms with van der Waals surface area (Å²) in [4.78, 5) is 27.0. The van der Waals surface area contributed by atoms with Gasteiger partial charge in [-0.2, -0.15) is 5.26 Å². The first-order valence-electron chi connectivity index (χ1n) is 7.68. The Bertz CT molecular complexity index is 690. The minimum atomic E-state index is -0.564. The number of hydrogen-bond donors (Lipinski definition) is 1. The highest BCUT2D eigenvalue weighted by atomic mass is 16.5. The molecule has 0 aromatic carbocycles. The number of nitrogens with one attached hydrogen (secondary N) is 1. The number of nitriles is 1. The second-order valence-corrected chi connectivity index (χ2v) is 6.22. The molecule has 23 heavy (non-hydrogen) atoms. The molecule has 1 aromatic rings. The van der Waals surface area contributed by atoms with Crippen molar-refractivity contribution in [3.63, 3.8) is 0 Å². The number of carbonyl (C=O) groups is 2. The maximum atomic E-state index is 12.8. The Morgan fingerprint density at radius 1 is 1.48 bits per heavy atom. The van der Waals surface area contributed by atoms with Gasteiger partial charge < -0.3 is 19.5 Å². The van der Waals surface area contributed by atoms with Crippen molar-refractivity contribution < 1.29 is 14.3 Å². The number of rotatable bonds is 2. The molecule has 1 aromatic heterocycles. The molecule has 2 fully saturated rings. The number of aromatic nitrogens is 1. The van der Waals surface area contributed by atoms with Crippen molar-refractivity contribution in [3.05, 3.63) is 23.5 Å². The maximum Gasteiger partial charge on any atom is 0.270 e. The molecule has 0 aliphatic carbocycles. The molecule has 122 valence electrons. The minimum absolute atomic E-state index is 0.0101. The summed E-state index contributed by atoms with van der Waals surface area (Å²) >= 11 is 0. The van der Waals surface area contributed by atoms with Crippen LogP contribution in [0.25, 0.3) is 0 Å². The summed E-state index contributed by atoms with van der Waals surface area (Å²) in [6.07, 6.45) is 0.623. The molecule has 0 saturated carbocycles. The molecule has 0 spiro atoms. The van der Waals surface area contributed by atoms with Gasteiger partial charge in [-0.3, -0.25) is 9.59 Å². The van der Waals surface area contributed by atoms with Crippen molar-refractivity contribution in [1.29, 1.82) is 5.26 Å². The van der Waals surface area contributed by atoms with Crippen LogP contribution in [-0.4, -0.2) is 54.6 Å². The maximum absolute atomic E-state index is 12.8. The Labute approximate surface area is 134 Å². The SMILES string of the molecule is CNC(=O)[C@]12CCOC[C@H]1CN(C(=O)c1ccc(C#N)n1C)C2. The Hall–Kier alpha value is -2.33. The van der Waals surface area contributed by atoms with Crippen molar-refractivity contribution >= 4 is 11.8 Å². The highest BCUT2D eigenvalue weighted by molar-refractivity contribution is 5.94. The van der Waals surface area contributed by atoms with Crippen LogP contribution in [0.1, 0.15) is 22.6 Å². The largest absolute Gasteiger partial charge is 0.381 e. The fourth-order valence-corrected chi connectivity index (χ4v) is 3.72. The van der Waals surface area contributed by atoms with Gasteiger partial charge >= 0.3 is 0 Å². The van der Waals surface area contributed by atoms with E-state index in [1.807, 2.05) is 0 Å². The number of amides is 2. The van der Waals surface area contributed by atoms with Gasteiger partial charge in [0.05, 0.1) is 12.0 Å². The average molecular weight is 316 g/mol. The van der Waals surface area contributed by atoms with E-state index >= 15 is 0 Å². The van der Waals surface area contributed by atoms with E-state index in [0.717, 1.165) is 0 Å². The predicted octanol–water partition coefficient (Wildman–Crippen LogP) is 0.121. The fraction of sp³-hybridized carbons (Fsp3) is 0.562. The number of carbonyl (C=O) groups excluding carboxylic acids is 2. The molecule has 2 amide bonds. The first kappa shape index (κ1) is 15.6. The first-order valence-corrected chi connectivity index (χ1v) is 7.68. The molecule has 2 saturated heterocycles. The van der Waals surface area contributed by atoms with Gasteiger partial charge in [-0.1, -0.05) is 0 Å². The summed E-state index contributed by atoms with van der Waals surface area (Å²) in [6.45, 7) is 1.92. The van der Waals surface area contributed by atoms with Gasteiger partial charge in [-0.15, -0.1) is 0 Å². The molecule has 0 bridgehead atoms. The van der Waals surface area contributed by atoms with Crippen molar-refractivity contribution in [2.45, 2.75) is 6.42 Å². The molecule has 3 heterocycles. The van der Waals surface area contributed by atoms with Gasteiger partial charge in [-0.25, -0.2) is 0 Å². The van der Waals surface area contributed by atoms with Crippen LogP contribution in [0.4, 0.5) is 0 Å².